The number of hydrogen-bond donors (Lipinski definition) is 3. The second kappa shape index (κ2) is 8.56. The first-order valence-electron chi connectivity index (χ1n) is 11.6. The molecule has 4 aliphatic carbocycles. The molecule has 0 radical (unpaired) electrons. The van der Waals surface area contributed by atoms with Gasteiger partial charge in [-0.1, -0.05) is 0 Å². The van der Waals surface area contributed by atoms with E-state index in [-0.39, 0.29) is 30.2 Å². The van der Waals surface area contributed by atoms with Crippen LogP contribution in [-0.4, -0.2) is 40.7 Å². The zero-order valence-electron chi connectivity index (χ0n) is 18.5. The number of amides is 2. The maximum atomic E-state index is 13.0. The predicted octanol–water partition coefficient (Wildman–Crippen LogP) is 2.82. The van der Waals surface area contributed by atoms with Crippen LogP contribution in [0.4, 0.5) is 0 Å². The topological polar surface area (TPSA) is 109 Å². The van der Waals surface area contributed by atoms with Gasteiger partial charge in [0.1, 0.15) is 11.6 Å². The van der Waals surface area contributed by atoms with Crippen LogP contribution < -0.4 is 15.4 Å². The van der Waals surface area contributed by atoms with Crippen LogP contribution in [0.25, 0.3) is 11.4 Å². The molecule has 4 fully saturated rings. The van der Waals surface area contributed by atoms with Crippen molar-refractivity contribution < 1.29 is 14.3 Å². The second-order valence-electron chi connectivity index (χ2n) is 9.81. The van der Waals surface area contributed by atoms with Gasteiger partial charge in [-0.05, 0) is 80.5 Å². The first kappa shape index (κ1) is 21.0. The number of benzene rings is 1. The third-order valence-electron chi connectivity index (χ3n) is 7.49. The molecule has 0 atom stereocenters. The number of nitrogens with zero attached hydrogens (tertiary/aromatic N) is 2. The van der Waals surface area contributed by atoms with Gasteiger partial charge in [-0.25, -0.2) is 4.98 Å². The highest BCUT2D eigenvalue weighted by Gasteiger charge is 2.54. The van der Waals surface area contributed by atoms with E-state index in [2.05, 4.69) is 25.8 Å². The third-order valence-corrected chi connectivity index (χ3v) is 7.49. The van der Waals surface area contributed by atoms with E-state index < -0.39 is 0 Å². The zero-order valence-corrected chi connectivity index (χ0v) is 18.5. The molecule has 1 aromatic heterocycles. The molecule has 0 aliphatic heterocycles. The Morgan fingerprint density at radius 3 is 2.34 bits per heavy atom. The van der Waals surface area contributed by atoms with E-state index >= 15 is 0 Å². The van der Waals surface area contributed by atoms with Gasteiger partial charge in [0, 0.05) is 23.9 Å². The van der Waals surface area contributed by atoms with Crippen molar-refractivity contribution in [3.05, 3.63) is 30.1 Å². The predicted molar refractivity (Wildman–Crippen MR) is 118 cm³/mol. The molecule has 4 aliphatic rings. The number of carbonyl (C=O) groups is 2. The van der Waals surface area contributed by atoms with Gasteiger partial charge in [-0.3, -0.25) is 14.7 Å². The van der Waals surface area contributed by atoms with Crippen molar-refractivity contribution in [2.24, 2.45) is 23.2 Å². The Balaban J connectivity index is 1.06. The van der Waals surface area contributed by atoms with Crippen molar-refractivity contribution in [3.63, 3.8) is 0 Å². The van der Waals surface area contributed by atoms with Gasteiger partial charge < -0.3 is 15.4 Å². The van der Waals surface area contributed by atoms with Crippen LogP contribution in [0, 0.1) is 23.2 Å². The van der Waals surface area contributed by atoms with Crippen LogP contribution in [0.5, 0.6) is 5.75 Å². The number of hydrogen-bond acceptors (Lipinski definition) is 5. The zero-order chi connectivity index (χ0) is 22.1. The summed E-state index contributed by atoms with van der Waals surface area (Å²) in [5.41, 5.74) is 0.704. The van der Waals surface area contributed by atoms with Crippen LogP contribution in [0.3, 0.4) is 0 Å². The minimum atomic E-state index is -0.164. The molecule has 170 valence electrons. The molecule has 8 heteroatoms. The summed E-state index contributed by atoms with van der Waals surface area (Å²) in [6.07, 6.45) is 7.33. The van der Waals surface area contributed by atoms with Gasteiger partial charge in [-0.15, -0.1) is 0 Å². The summed E-state index contributed by atoms with van der Waals surface area (Å²) in [7, 11) is 1.62. The Bertz CT molecular complexity index is 948. The number of rotatable bonds is 8. The van der Waals surface area contributed by atoms with E-state index in [1.54, 1.807) is 7.11 Å². The number of methoxy groups -OCH3 is 1. The fourth-order valence-corrected chi connectivity index (χ4v) is 6.38. The van der Waals surface area contributed by atoms with Crippen LogP contribution in [0.2, 0.25) is 0 Å². The lowest BCUT2D eigenvalue weighted by Gasteiger charge is -2.55. The SMILES string of the molecule is COc1ccc(-c2n[nH]c(CNC(=O)CCNC(=O)C34CC5CC(CC(C5)C3)C4)n2)cc1. The van der Waals surface area contributed by atoms with Gasteiger partial charge in [0.05, 0.1) is 13.7 Å². The molecule has 4 bridgehead atoms. The molecule has 3 N–H and O–H groups in total. The van der Waals surface area contributed by atoms with E-state index in [0.717, 1.165) is 48.3 Å². The molecule has 0 spiro atoms. The summed E-state index contributed by atoms with van der Waals surface area (Å²) in [4.78, 5) is 29.6. The fraction of sp³-hybridized carbons (Fsp3) is 0.583. The first-order chi connectivity index (χ1) is 15.5. The van der Waals surface area contributed by atoms with Crippen molar-refractivity contribution in [3.8, 4) is 17.1 Å². The Morgan fingerprint density at radius 1 is 1.06 bits per heavy atom. The van der Waals surface area contributed by atoms with Crippen LogP contribution in [0.1, 0.15) is 50.8 Å². The lowest BCUT2D eigenvalue weighted by atomic mass is 9.49. The van der Waals surface area contributed by atoms with E-state index in [1.807, 2.05) is 24.3 Å². The third kappa shape index (κ3) is 4.23. The molecular formula is C24H31N5O3. The van der Waals surface area contributed by atoms with Gasteiger partial charge in [0.25, 0.3) is 0 Å². The maximum Gasteiger partial charge on any atom is 0.226 e. The van der Waals surface area contributed by atoms with Crippen LogP contribution in [0.15, 0.2) is 24.3 Å². The van der Waals surface area contributed by atoms with Gasteiger partial charge in [0.2, 0.25) is 11.8 Å². The average Bonchev–Trinajstić information content (AvgIpc) is 3.26. The highest BCUT2D eigenvalue weighted by atomic mass is 16.5. The van der Waals surface area contributed by atoms with Crippen molar-refractivity contribution in [1.29, 1.82) is 0 Å². The summed E-state index contributed by atoms with van der Waals surface area (Å²) in [5.74, 6) is 4.19. The summed E-state index contributed by atoms with van der Waals surface area (Å²) in [6, 6.07) is 7.48. The summed E-state index contributed by atoms with van der Waals surface area (Å²) in [6.45, 7) is 0.644. The number of ether oxygens (including phenoxy) is 1. The average molecular weight is 438 g/mol. The minimum absolute atomic E-state index is 0.113. The quantitative estimate of drug-likeness (QED) is 0.588. The normalized spacial score (nSPS) is 27.8. The Morgan fingerprint density at radius 2 is 1.72 bits per heavy atom. The highest BCUT2D eigenvalue weighted by molar-refractivity contribution is 5.84. The molecule has 8 nitrogen and oxygen atoms in total. The number of aromatic amines is 1. The molecule has 1 heterocycles. The Labute approximate surface area is 187 Å². The van der Waals surface area contributed by atoms with Crippen molar-refractivity contribution >= 4 is 11.8 Å². The summed E-state index contributed by atoms with van der Waals surface area (Å²) in [5, 5.41) is 13.0. The van der Waals surface area contributed by atoms with E-state index in [0.29, 0.717) is 18.2 Å². The van der Waals surface area contributed by atoms with Gasteiger partial charge in [-0.2, -0.15) is 5.10 Å². The number of aromatic nitrogens is 3. The van der Waals surface area contributed by atoms with Crippen molar-refractivity contribution in [2.75, 3.05) is 13.7 Å². The Kier molecular flexibility index (Phi) is 5.61. The van der Waals surface area contributed by atoms with Crippen LogP contribution >= 0.6 is 0 Å². The monoisotopic (exact) mass is 437 g/mol. The highest BCUT2D eigenvalue weighted by Crippen LogP contribution is 2.60. The molecular weight excluding hydrogens is 406 g/mol. The lowest BCUT2D eigenvalue weighted by Crippen LogP contribution is -2.53. The minimum Gasteiger partial charge on any atom is -0.497 e. The first-order valence-corrected chi connectivity index (χ1v) is 11.6. The molecule has 4 saturated carbocycles. The molecule has 1 aromatic carbocycles. The fourth-order valence-electron chi connectivity index (χ4n) is 6.38. The summed E-state index contributed by atoms with van der Waals surface area (Å²) >= 11 is 0. The molecule has 2 aromatic rings. The van der Waals surface area contributed by atoms with Gasteiger partial charge >= 0.3 is 0 Å². The van der Waals surface area contributed by atoms with E-state index in [9.17, 15) is 9.59 Å². The number of nitrogens with one attached hydrogen (secondary N) is 3. The molecule has 2 amide bonds. The lowest BCUT2D eigenvalue weighted by molar-refractivity contribution is -0.146. The van der Waals surface area contributed by atoms with Crippen molar-refractivity contribution in [2.45, 2.75) is 51.5 Å². The Hall–Kier alpha value is -2.90. The van der Waals surface area contributed by atoms with Gasteiger partial charge in [0.15, 0.2) is 5.82 Å². The molecule has 0 saturated heterocycles. The second-order valence-corrected chi connectivity index (χ2v) is 9.81. The largest absolute Gasteiger partial charge is 0.497 e. The smallest absolute Gasteiger partial charge is 0.226 e. The van der Waals surface area contributed by atoms with Crippen LogP contribution in [-0.2, 0) is 16.1 Å². The summed E-state index contributed by atoms with van der Waals surface area (Å²) < 4.78 is 5.16. The molecule has 6 rings (SSSR count). The molecule has 32 heavy (non-hydrogen) atoms. The van der Waals surface area contributed by atoms with E-state index in [4.69, 9.17) is 4.74 Å². The molecule has 0 unspecified atom stereocenters. The van der Waals surface area contributed by atoms with Crippen molar-refractivity contribution in [1.82, 2.24) is 25.8 Å². The number of carbonyl (C=O) groups excluding carboxylic acids is 2. The number of H-pyrrole nitrogens is 1. The standard InChI is InChI=1S/C24H31N5O3/c1-32-19-4-2-18(3-5-19)22-27-20(28-29-22)14-26-21(30)6-7-25-23(31)24-11-15-8-16(12-24)10-17(9-15)13-24/h2-5,15-17H,6-14H2,1H3,(H,25,31)(H,26,30)(H,27,28,29). The maximum absolute atomic E-state index is 13.0. The van der Waals surface area contributed by atoms with E-state index in [1.165, 1.54) is 19.3 Å².